The average molecular weight is 667 g/mol. The molecule has 1 amide bonds. The fraction of sp³-hybridized carbons (Fsp3) is 0.476. The van der Waals surface area contributed by atoms with Crippen LogP contribution in [0.15, 0.2) is 79.4 Å². The van der Waals surface area contributed by atoms with Crippen LogP contribution in [0.2, 0.25) is 0 Å². The molecule has 7 nitrogen and oxygen atoms in total. The average Bonchev–Trinajstić information content (AvgIpc) is 3.63. The molecule has 0 aromatic heterocycles. The number of carbonyl (C=O) groups excluding carboxylic acids is 2. The third kappa shape index (κ3) is 10.7. The van der Waals surface area contributed by atoms with Crippen molar-refractivity contribution < 1.29 is 23.8 Å². The van der Waals surface area contributed by atoms with Crippen LogP contribution >= 0.6 is 0 Å². The lowest BCUT2D eigenvalue weighted by Crippen LogP contribution is -2.42. The minimum Gasteiger partial charge on any atom is -0.488 e. The van der Waals surface area contributed by atoms with E-state index in [1.807, 2.05) is 84.6 Å². The molecule has 5 rings (SSSR count). The van der Waals surface area contributed by atoms with Crippen molar-refractivity contribution >= 4 is 17.4 Å². The van der Waals surface area contributed by atoms with Crippen LogP contribution in [0, 0.1) is 11.8 Å². The summed E-state index contributed by atoms with van der Waals surface area (Å²) in [6.07, 6.45) is 7.92. The van der Waals surface area contributed by atoms with Crippen LogP contribution in [0.3, 0.4) is 0 Å². The van der Waals surface area contributed by atoms with E-state index in [2.05, 4.69) is 25.7 Å². The number of amides is 1. The number of ether oxygens (including phenoxy) is 3. The van der Waals surface area contributed by atoms with Gasteiger partial charge in [-0.2, -0.15) is 0 Å². The second kappa shape index (κ2) is 18.1. The number of nitrogens with one attached hydrogen (secondary N) is 1. The van der Waals surface area contributed by atoms with Crippen molar-refractivity contribution in [2.24, 2.45) is 11.8 Å². The summed E-state index contributed by atoms with van der Waals surface area (Å²) in [5, 5.41) is 3.52. The molecule has 49 heavy (non-hydrogen) atoms. The summed E-state index contributed by atoms with van der Waals surface area (Å²) in [7, 11) is 0. The van der Waals surface area contributed by atoms with E-state index in [0.717, 1.165) is 80.2 Å². The fourth-order valence-electron chi connectivity index (χ4n) is 6.81. The lowest BCUT2D eigenvalue weighted by Gasteiger charge is -2.33. The third-order valence-corrected chi connectivity index (χ3v) is 9.67. The first kappa shape index (κ1) is 36.2. The predicted molar refractivity (Wildman–Crippen MR) is 196 cm³/mol. The molecule has 1 aliphatic heterocycles. The van der Waals surface area contributed by atoms with Crippen molar-refractivity contribution in [3.63, 3.8) is 0 Å². The Hall–Kier alpha value is -4.10. The zero-order valence-electron chi connectivity index (χ0n) is 29.6. The Kier molecular flexibility index (Phi) is 13.3. The molecule has 0 bridgehead atoms. The molecule has 0 radical (unpaired) electrons. The van der Waals surface area contributed by atoms with Crippen molar-refractivity contribution in [3.05, 3.63) is 102 Å². The monoisotopic (exact) mass is 666 g/mol. The van der Waals surface area contributed by atoms with Crippen LogP contribution in [0.25, 0.3) is 5.57 Å². The van der Waals surface area contributed by atoms with Gasteiger partial charge in [-0.15, -0.1) is 0 Å². The molecule has 1 heterocycles. The summed E-state index contributed by atoms with van der Waals surface area (Å²) in [5.41, 5.74) is 4.22. The molecule has 3 aromatic carbocycles. The molecule has 1 atom stereocenters. The molecule has 3 aromatic rings. The molecule has 262 valence electrons. The van der Waals surface area contributed by atoms with E-state index in [4.69, 9.17) is 14.2 Å². The van der Waals surface area contributed by atoms with Gasteiger partial charge in [-0.25, -0.2) is 0 Å². The topological polar surface area (TPSA) is 77.1 Å². The van der Waals surface area contributed by atoms with Gasteiger partial charge < -0.3 is 24.4 Å². The smallest absolute Gasteiger partial charge is 0.323 e. The highest BCUT2D eigenvalue weighted by Crippen LogP contribution is 2.36. The maximum Gasteiger partial charge on any atom is 0.323 e. The van der Waals surface area contributed by atoms with E-state index in [1.54, 1.807) is 0 Å². The highest BCUT2D eigenvalue weighted by atomic mass is 16.5. The molecule has 0 unspecified atom stereocenters. The molecular formula is C42H54N2O5. The van der Waals surface area contributed by atoms with E-state index in [-0.39, 0.29) is 24.0 Å². The normalized spacial score (nSPS) is 16.0. The SMILES string of the molecule is C=C(C)c1cc(C(=O)N2CCC(CCN[C@@H](CC(C)C)C(=O)OC3CCCC3)CC2)c(OCc2ccccc2)cc1OCc1ccccc1. The summed E-state index contributed by atoms with van der Waals surface area (Å²) in [6, 6.07) is 23.5. The number of carbonyl (C=O) groups is 2. The number of likely N-dealkylation sites (tertiary alicyclic amines) is 1. The van der Waals surface area contributed by atoms with Crippen molar-refractivity contribution in [1.29, 1.82) is 0 Å². The fourth-order valence-corrected chi connectivity index (χ4v) is 6.81. The summed E-state index contributed by atoms with van der Waals surface area (Å²) in [5.74, 6) is 1.90. The van der Waals surface area contributed by atoms with Gasteiger partial charge in [0.25, 0.3) is 5.91 Å². The largest absolute Gasteiger partial charge is 0.488 e. The maximum absolute atomic E-state index is 14.1. The summed E-state index contributed by atoms with van der Waals surface area (Å²) in [4.78, 5) is 29.0. The summed E-state index contributed by atoms with van der Waals surface area (Å²) >= 11 is 0. The van der Waals surface area contributed by atoms with Crippen LogP contribution in [0.1, 0.15) is 99.2 Å². The molecule has 1 aliphatic carbocycles. The summed E-state index contributed by atoms with van der Waals surface area (Å²) < 4.78 is 18.5. The zero-order valence-corrected chi connectivity index (χ0v) is 29.6. The molecule has 1 N–H and O–H groups in total. The van der Waals surface area contributed by atoms with E-state index in [1.165, 1.54) is 0 Å². The standard InChI is InChI=1S/C42H54N2O5/c1-30(2)25-38(42(46)49-35-17-11-12-18-35)43-22-19-32-20-23-44(24-21-32)41(45)37-26-36(31(3)4)39(47-28-33-13-7-5-8-14-33)27-40(37)48-29-34-15-9-6-10-16-34/h5-10,13-16,26-27,30,32,35,38,43H,3,11-12,17-25,28-29H2,1-2,4H3/t38-/m0/s1. The lowest BCUT2D eigenvalue weighted by molar-refractivity contribution is -0.151. The van der Waals surface area contributed by atoms with Crippen molar-refractivity contribution in [1.82, 2.24) is 10.2 Å². The van der Waals surface area contributed by atoms with Gasteiger partial charge in [-0.3, -0.25) is 9.59 Å². The number of nitrogens with zero attached hydrogens (tertiary/aromatic N) is 1. The number of hydrogen-bond donors (Lipinski definition) is 1. The molecule has 1 saturated carbocycles. The van der Waals surface area contributed by atoms with Gasteiger partial charge in [0.05, 0.1) is 5.56 Å². The number of piperidine rings is 1. The minimum absolute atomic E-state index is 0.0385. The quantitative estimate of drug-likeness (QED) is 0.154. The Morgan fingerprint density at radius 2 is 1.41 bits per heavy atom. The van der Waals surface area contributed by atoms with Gasteiger partial charge in [0.2, 0.25) is 0 Å². The minimum atomic E-state index is -0.265. The number of rotatable bonds is 16. The Balaban J connectivity index is 1.22. The van der Waals surface area contributed by atoms with Gasteiger partial charge in [-0.05, 0) is 99.4 Å². The highest BCUT2D eigenvalue weighted by molar-refractivity contribution is 5.98. The van der Waals surface area contributed by atoms with Gasteiger partial charge in [0.1, 0.15) is 36.9 Å². The van der Waals surface area contributed by atoms with Gasteiger partial charge in [-0.1, -0.05) is 81.1 Å². The highest BCUT2D eigenvalue weighted by Gasteiger charge is 2.29. The van der Waals surface area contributed by atoms with Crippen molar-refractivity contribution in [2.45, 2.75) is 97.5 Å². The number of allylic oxidation sites excluding steroid dienone is 1. The van der Waals surface area contributed by atoms with Crippen LogP contribution < -0.4 is 14.8 Å². The zero-order chi connectivity index (χ0) is 34.6. The molecule has 2 aliphatic rings. The predicted octanol–water partition coefficient (Wildman–Crippen LogP) is 8.61. The molecule has 0 spiro atoms. The second-order valence-corrected chi connectivity index (χ2v) is 14.2. The molecular weight excluding hydrogens is 612 g/mol. The van der Waals surface area contributed by atoms with Crippen LogP contribution in [-0.4, -0.2) is 48.6 Å². The summed E-state index contributed by atoms with van der Waals surface area (Å²) in [6.45, 7) is 13.3. The van der Waals surface area contributed by atoms with Crippen LogP contribution in [-0.2, 0) is 22.7 Å². The van der Waals surface area contributed by atoms with E-state index < -0.39 is 0 Å². The number of hydrogen-bond acceptors (Lipinski definition) is 6. The second-order valence-electron chi connectivity index (χ2n) is 14.2. The Labute approximate surface area is 293 Å². The van der Waals surface area contributed by atoms with Crippen LogP contribution in [0.5, 0.6) is 11.5 Å². The molecule has 1 saturated heterocycles. The first-order valence-electron chi connectivity index (χ1n) is 18.2. The van der Waals surface area contributed by atoms with Gasteiger partial charge in [0, 0.05) is 24.7 Å². The van der Waals surface area contributed by atoms with Crippen molar-refractivity contribution in [3.8, 4) is 11.5 Å². The van der Waals surface area contributed by atoms with E-state index in [0.29, 0.717) is 55.2 Å². The lowest BCUT2D eigenvalue weighted by atomic mass is 9.92. The molecule has 2 fully saturated rings. The Bertz CT molecular complexity index is 1510. The number of benzene rings is 3. The van der Waals surface area contributed by atoms with E-state index >= 15 is 0 Å². The molecule has 7 heteroatoms. The Morgan fingerprint density at radius 3 is 1.96 bits per heavy atom. The third-order valence-electron chi connectivity index (χ3n) is 9.67. The van der Waals surface area contributed by atoms with Gasteiger partial charge >= 0.3 is 5.97 Å². The van der Waals surface area contributed by atoms with E-state index in [9.17, 15) is 9.59 Å². The Morgan fingerprint density at radius 1 is 0.837 bits per heavy atom. The van der Waals surface area contributed by atoms with Gasteiger partial charge in [0.15, 0.2) is 0 Å². The first-order valence-corrected chi connectivity index (χ1v) is 18.2. The maximum atomic E-state index is 14.1. The first-order chi connectivity index (χ1) is 23.8. The van der Waals surface area contributed by atoms with Crippen LogP contribution in [0.4, 0.5) is 0 Å². The van der Waals surface area contributed by atoms with Crippen molar-refractivity contribution in [2.75, 3.05) is 19.6 Å². The number of esters is 1.